The van der Waals surface area contributed by atoms with Crippen molar-refractivity contribution in [3.8, 4) is 5.75 Å². The molecule has 3 rings (SSSR count). The van der Waals surface area contributed by atoms with Gasteiger partial charge in [0.25, 0.3) is 0 Å². The maximum Gasteiger partial charge on any atom is 0.242 e. The molecule has 208 valence electrons. The minimum atomic E-state index is -3.63. The molecular weight excluding hydrogens is 594 g/mol. The zero-order valence-electron chi connectivity index (χ0n) is 22.0. The molecular formula is C27H35BrClN3O5S. The standard InChI is InChI=1S/C27H35BrClN3O5S/c1-19(27(34)30-22-10-4-5-11-22)31(18-20-8-6-9-21(28)16-20)26(33)12-7-15-32(38(3,35)36)23-13-14-25(37-2)24(29)17-23/h6,8-9,13-14,16-17,19,22H,4-5,7,10-12,15,18H2,1-3H3,(H,30,34). The Morgan fingerprint density at radius 1 is 1.18 bits per heavy atom. The van der Waals surface area contributed by atoms with Crippen LogP contribution in [-0.2, 0) is 26.2 Å². The van der Waals surface area contributed by atoms with Crippen LogP contribution < -0.4 is 14.4 Å². The van der Waals surface area contributed by atoms with Crippen molar-refractivity contribution < 1.29 is 22.7 Å². The number of sulfonamides is 1. The smallest absolute Gasteiger partial charge is 0.242 e. The van der Waals surface area contributed by atoms with Gasteiger partial charge in [-0.2, -0.15) is 0 Å². The van der Waals surface area contributed by atoms with E-state index in [1.54, 1.807) is 24.0 Å². The van der Waals surface area contributed by atoms with Gasteiger partial charge in [0.05, 0.1) is 24.1 Å². The van der Waals surface area contributed by atoms with Crippen LogP contribution >= 0.6 is 27.5 Å². The number of rotatable bonds is 12. The van der Waals surface area contributed by atoms with E-state index in [0.717, 1.165) is 42.0 Å². The van der Waals surface area contributed by atoms with Gasteiger partial charge in [-0.05, 0) is 62.1 Å². The highest BCUT2D eigenvalue weighted by atomic mass is 79.9. The number of nitrogens with one attached hydrogen (secondary N) is 1. The van der Waals surface area contributed by atoms with Gasteiger partial charge in [0, 0.05) is 30.0 Å². The fraction of sp³-hybridized carbons (Fsp3) is 0.481. The quantitative estimate of drug-likeness (QED) is 0.352. The highest BCUT2D eigenvalue weighted by molar-refractivity contribution is 9.10. The van der Waals surface area contributed by atoms with E-state index in [-0.39, 0.29) is 48.8 Å². The Labute approximate surface area is 238 Å². The van der Waals surface area contributed by atoms with E-state index >= 15 is 0 Å². The Morgan fingerprint density at radius 2 is 1.89 bits per heavy atom. The summed E-state index contributed by atoms with van der Waals surface area (Å²) >= 11 is 9.68. The van der Waals surface area contributed by atoms with Crippen molar-refractivity contribution in [2.24, 2.45) is 0 Å². The van der Waals surface area contributed by atoms with Crippen molar-refractivity contribution in [1.82, 2.24) is 10.2 Å². The molecule has 8 nitrogen and oxygen atoms in total. The summed E-state index contributed by atoms with van der Waals surface area (Å²) in [5.41, 5.74) is 1.28. The lowest BCUT2D eigenvalue weighted by atomic mass is 10.1. The molecule has 0 aliphatic heterocycles. The maximum absolute atomic E-state index is 13.4. The molecule has 11 heteroatoms. The fourth-order valence-corrected chi connectivity index (χ4v) is 6.28. The third-order valence-corrected chi connectivity index (χ3v) is 8.67. The van der Waals surface area contributed by atoms with Gasteiger partial charge in [0.2, 0.25) is 21.8 Å². The first kappa shape index (κ1) is 30.2. The lowest BCUT2D eigenvalue weighted by Gasteiger charge is -2.30. The molecule has 2 amide bonds. The van der Waals surface area contributed by atoms with Gasteiger partial charge in [-0.1, -0.05) is 52.5 Å². The molecule has 1 aliphatic carbocycles. The molecule has 2 aromatic carbocycles. The SMILES string of the molecule is COc1ccc(N(CCCC(=O)N(Cc2cccc(Br)c2)C(C)C(=O)NC2CCCC2)S(C)(=O)=O)cc1Cl. The van der Waals surface area contributed by atoms with Gasteiger partial charge in [-0.15, -0.1) is 0 Å². The van der Waals surface area contributed by atoms with E-state index in [2.05, 4.69) is 21.2 Å². The Kier molecular flexibility index (Phi) is 10.9. The molecule has 0 aromatic heterocycles. The largest absolute Gasteiger partial charge is 0.495 e. The highest BCUT2D eigenvalue weighted by Crippen LogP contribution is 2.30. The molecule has 2 aromatic rings. The predicted molar refractivity (Wildman–Crippen MR) is 154 cm³/mol. The summed E-state index contributed by atoms with van der Waals surface area (Å²) in [5.74, 6) is 0.0400. The molecule has 0 saturated heterocycles. The van der Waals surface area contributed by atoms with Gasteiger partial charge in [-0.25, -0.2) is 8.42 Å². The highest BCUT2D eigenvalue weighted by Gasteiger charge is 2.29. The average Bonchev–Trinajstić information content (AvgIpc) is 3.37. The van der Waals surface area contributed by atoms with Crippen LogP contribution in [0, 0.1) is 0 Å². The molecule has 38 heavy (non-hydrogen) atoms. The third-order valence-electron chi connectivity index (χ3n) is 6.69. The first-order valence-electron chi connectivity index (χ1n) is 12.6. The van der Waals surface area contributed by atoms with Crippen LogP contribution in [0.15, 0.2) is 46.9 Å². The second kappa shape index (κ2) is 13.7. The number of carbonyl (C=O) groups excluding carboxylic acids is 2. The topological polar surface area (TPSA) is 96.0 Å². The molecule has 1 atom stereocenters. The van der Waals surface area contributed by atoms with Gasteiger partial charge in [-0.3, -0.25) is 13.9 Å². The Bertz CT molecular complexity index is 1240. The number of benzene rings is 2. The van der Waals surface area contributed by atoms with Crippen LogP contribution in [0.1, 0.15) is 51.0 Å². The summed E-state index contributed by atoms with van der Waals surface area (Å²) in [6, 6.07) is 11.8. The average molecular weight is 629 g/mol. The lowest BCUT2D eigenvalue weighted by molar-refractivity contribution is -0.141. The molecule has 1 unspecified atom stereocenters. The van der Waals surface area contributed by atoms with Crippen LogP contribution in [0.4, 0.5) is 5.69 Å². The molecule has 0 spiro atoms. The fourth-order valence-electron chi connectivity index (χ4n) is 4.62. The van der Waals surface area contributed by atoms with Crippen molar-refractivity contribution >= 4 is 55.1 Å². The number of hydrogen-bond donors (Lipinski definition) is 1. The zero-order valence-corrected chi connectivity index (χ0v) is 25.1. The summed E-state index contributed by atoms with van der Waals surface area (Å²) in [5, 5.41) is 3.38. The van der Waals surface area contributed by atoms with E-state index in [4.69, 9.17) is 16.3 Å². The summed E-state index contributed by atoms with van der Waals surface area (Å²) in [6.07, 6.45) is 5.55. The van der Waals surface area contributed by atoms with Crippen molar-refractivity contribution in [2.75, 3.05) is 24.2 Å². The third kappa shape index (κ3) is 8.35. The Hall–Kier alpha value is -2.30. The van der Waals surface area contributed by atoms with Crippen LogP contribution in [0.2, 0.25) is 5.02 Å². The number of hydrogen-bond acceptors (Lipinski definition) is 5. The van der Waals surface area contributed by atoms with Gasteiger partial charge in [0.1, 0.15) is 11.8 Å². The van der Waals surface area contributed by atoms with E-state index < -0.39 is 16.1 Å². The monoisotopic (exact) mass is 627 g/mol. The summed E-state index contributed by atoms with van der Waals surface area (Å²) < 4.78 is 32.3. The first-order valence-corrected chi connectivity index (χ1v) is 15.7. The van der Waals surface area contributed by atoms with Gasteiger partial charge >= 0.3 is 0 Å². The van der Waals surface area contributed by atoms with Crippen molar-refractivity contribution in [3.05, 3.63) is 57.5 Å². The summed E-state index contributed by atoms with van der Waals surface area (Å²) in [6.45, 7) is 2.09. The molecule has 1 aliphatic rings. The summed E-state index contributed by atoms with van der Waals surface area (Å²) in [4.78, 5) is 28.1. The molecule has 0 radical (unpaired) electrons. The number of ether oxygens (including phenoxy) is 1. The normalized spacial score (nSPS) is 14.7. The number of carbonyl (C=O) groups is 2. The lowest BCUT2D eigenvalue weighted by Crippen LogP contribution is -2.49. The van der Waals surface area contributed by atoms with Gasteiger partial charge < -0.3 is 15.0 Å². The maximum atomic E-state index is 13.4. The van der Waals surface area contributed by atoms with Crippen LogP contribution in [0.25, 0.3) is 0 Å². The molecule has 1 N–H and O–H groups in total. The van der Waals surface area contributed by atoms with Crippen molar-refractivity contribution in [3.63, 3.8) is 0 Å². The zero-order chi connectivity index (χ0) is 27.9. The second-order valence-electron chi connectivity index (χ2n) is 9.58. The number of halogens is 2. The van der Waals surface area contributed by atoms with Crippen LogP contribution in [0.3, 0.4) is 0 Å². The molecule has 0 bridgehead atoms. The summed E-state index contributed by atoms with van der Waals surface area (Å²) in [7, 11) is -2.15. The Morgan fingerprint density at radius 3 is 2.50 bits per heavy atom. The van der Waals surface area contributed by atoms with E-state index in [1.807, 2.05) is 24.3 Å². The van der Waals surface area contributed by atoms with Crippen LogP contribution in [0.5, 0.6) is 5.75 Å². The Balaban J connectivity index is 1.73. The number of amides is 2. The first-order chi connectivity index (χ1) is 18.0. The van der Waals surface area contributed by atoms with Crippen molar-refractivity contribution in [1.29, 1.82) is 0 Å². The molecule has 1 saturated carbocycles. The van der Waals surface area contributed by atoms with Crippen LogP contribution in [-0.4, -0.2) is 57.1 Å². The van der Waals surface area contributed by atoms with E-state index in [0.29, 0.717) is 11.4 Å². The van der Waals surface area contributed by atoms with Crippen molar-refractivity contribution in [2.45, 2.75) is 64.1 Å². The van der Waals surface area contributed by atoms with E-state index in [9.17, 15) is 18.0 Å². The minimum absolute atomic E-state index is 0.0744. The minimum Gasteiger partial charge on any atom is -0.495 e. The molecule has 1 fully saturated rings. The van der Waals surface area contributed by atoms with E-state index in [1.165, 1.54) is 17.5 Å². The van der Waals surface area contributed by atoms with Gasteiger partial charge in [0.15, 0.2) is 0 Å². The predicted octanol–water partition coefficient (Wildman–Crippen LogP) is 5.13. The molecule has 0 heterocycles. The number of nitrogens with zero attached hydrogens (tertiary/aromatic N) is 2. The number of methoxy groups -OCH3 is 1. The number of anilines is 1. The second-order valence-corrected chi connectivity index (χ2v) is 12.8.